The van der Waals surface area contributed by atoms with E-state index in [1.807, 2.05) is 14.0 Å². The van der Waals surface area contributed by atoms with Crippen LogP contribution in [0.4, 0.5) is 0 Å². The van der Waals surface area contributed by atoms with Crippen LogP contribution in [0.5, 0.6) is 0 Å². The number of halogens is 1. The molecule has 0 aliphatic heterocycles. The summed E-state index contributed by atoms with van der Waals surface area (Å²) in [5, 5.41) is 3.39. The molecule has 0 saturated carbocycles. The van der Waals surface area contributed by atoms with Gasteiger partial charge in [-0.1, -0.05) is 34.1 Å². The summed E-state index contributed by atoms with van der Waals surface area (Å²) in [6.45, 7) is 5.68. The molecule has 0 saturated heterocycles. The number of nitrogens with one attached hydrogen (secondary N) is 1. The van der Waals surface area contributed by atoms with Crippen molar-refractivity contribution in [2.45, 2.75) is 19.4 Å². The van der Waals surface area contributed by atoms with Crippen LogP contribution in [0.15, 0.2) is 28.7 Å². The molecule has 4 heteroatoms. The van der Waals surface area contributed by atoms with Crippen LogP contribution in [0.3, 0.4) is 0 Å². The molecule has 1 atom stereocenters. The number of hydrogen-bond acceptors (Lipinski definition) is 3. The summed E-state index contributed by atoms with van der Waals surface area (Å²) in [7, 11) is 4.16. The lowest BCUT2D eigenvalue weighted by Crippen LogP contribution is -2.28. The van der Waals surface area contributed by atoms with Gasteiger partial charge in [-0.25, -0.2) is 0 Å². The van der Waals surface area contributed by atoms with E-state index in [1.165, 1.54) is 10.0 Å². The lowest BCUT2D eigenvalue weighted by Gasteiger charge is -2.22. The molecule has 0 spiro atoms. The van der Waals surface area contributed by atoms with Crippen molar-refractivity contribution in [1.29, 1.82) is 0 Å². The van der Waals surface area contributed by atoms with E-state index in [9.17, 15) is 0 Å². The molecule has 0 fully saturated rings. The third-order valence-corrected chi connectivity index (χ3v) is 3.97. The first kappa shape index (κ1) is 16.6. The molecule has 1 N–H and O–H groups in total. The van der Waals surface area contributed by atoms with Crippen LogP contribution >= 0.6 is 15.9 Å². The van der Waals surface area contributed by atoms with Gasteiger partial charge in [-0.15, -0.1) is 0 Å². The molecular weight excluding hydrogens is 304 g/mol. The van der Waals surface area contributed by atoms with Gasteiger partial charge in [0.2, 0.25) is 0 Å². The average molecular weight is 329 g/mol. The van der Waals surface area contributed by atoms with Gasteiger partial charge in [-0.3, -0.25) is 0 Å². The third kappa shape index (κ3) is 6.04. The largest absolute Gasteiger partial charge is 0.380 e. The molecule has 108 valence electrons. The van der Waals surface area contributed by atoms with Crippen LogP contribution in [0.25, 0.3) is 0 Å². The van der Waals surface area contributed by atoms with Crippen LogP contribution in [0, 0.1) is 0 Å². The van der Waals surface area contributed by atoms with E-state index < -0.39 is 0 Å². The standard InChI is InChI=1S/C15H25BrN2O/c1-4-19-12-11-18(3)10-9-15(17-2)13-7-5-6-8-14(13)16/h5-8,15,17H,4,9-12H2,1-3H3. The lowest BCUT2D eigenvalue weighted by molar-refractivity contribution is 0.121. The summed E-state index contributed by atoms with van der Waals surface area (Å²) in [4.78, 5) is 2.32. The van der Waals surface area contributed by atoms with Crippen molar-refractivity contribution in [2.75, 3.05) is 40.4 Å². The van der Waals surface area contributed by atoms with E-state index >= 15 is 0 Å². The van der Waals surface area contributed by atoms with E-state index in [0.29, 0.717) is 6.04 Å². The van der Waals surface area contributed by atoms with E-state index in [0.717, 1.165) is 32.7 Å². The first-order valence-electron chi connectivity index (χ1n) is 6.87. The minimum atomic E-state index is 0.380. The summed E-state index contributed by atoms with van der Waals surface area (Å²) in [5.74, 6) is 0. The maximum Gasteiger partial charge on any atom is 0.0593 e. The second-order valence-electron chi connectivity index (χ2n) is 4.65. The Kier molecular flexibility index (Phi) is 8.30. The van der Waals surface area contributed by atoms with Gasteiger partial charge in [0.05, 0.1) is 6.61 Å². The van der Waals surface area contributed by atoms with Crippen molar-refractivity contribution < 1.29 is 4.74 Å². The first-order chi connectivity index (χ1) is 9.19. The molecule has 0 aliphatic carbocycles. The predicted octanol–water partition coefficient (Wildman–Crippen LogP) is 3.07. The molecule has 1 unspecified atom stereocenters. The zero-order valence-corrected chi connectivity index (χ0v) is 13.7. The maximum absolute atomic E-state index is 5.38. The van der Waals surface area contributed by atoms with Crippen LogP contribution in [0.1, 0.15) is 24.9 Å². The normalized spacial score (nSPS) is 12.9. The highest BCUT2D eigenvalue weighted by atomic mass is 79.9. The minimum Gasteiger partial charge on any atom is -0.380 e. The number of benzene rings is 1. The topological polar surface area (TPSA) is 24.5 Å². The Morgan fingerprint density at radius 2 is 2.05 bits per heavy atom. The molecule has 1 aromatic rings. The zero-order valence-electron chi connectivity index (χ0n) is 12.2. The van der Waals surface area contributed by atoms with Gasteiger partial charge in [-0.2, -0.15) is 0 Å². The van der Waals surface area contributed by atoms with Crippen molar-refractivity contribution in [2.24, 2.45) is 0 Å². The highest BCUT2D eigenvalue weighted by molar-refractivity contribution is 9.10. The molecular formula is C15H25BrN2O. The number of ether oxygens (including phenoxy) is 1. The molecule has 3 nitrogen and oxygen atoms in total. The van der Waals surface area contributed by atoms with E-state index in [4.69, 9.17) is 4.74 Å². The quantitative estimate of drug-likeness (QED) is 0.705. The Morgan fingerprint density at radius 1 is 1.32 bits per heavy atom. The number of rotatable bonds is 9. The van der Waals surface area contributed by atoms with Gasteiger partial charge in [-0.05, 0) is 45.6 Å². The molecule has 0 bridgehead atoms. The van der Waals surface area contributed by atoms with Crippen LogP contribution in [-0.2, 0) is 4.74 Å². The smallest absolute Gasteiger partial charge is 0.0593 e. The fraction of sp³-hybridized carbons (Fsp3) is 0.600. The molecule has 0 radical (unpaired) electrons. The highest BCUT2D eigenvalue weighted by Gasteiger charge is 2.12. The Balaban J connectivity index is 2.43. The lowest BCUT2D eigenvalue weighted by atomic mass is 10.0. The van der Waals surface area contributed by atoms with Crippen molar-refractivity contribution in [1.82, 2.24) is 10.2 Å². The minimum absolute atomic E-state index is 0.380. The summed E-state index contributed by atoms with van der Waals surface area (Å²) < 4.78 is 6.55. The fourth-order valence-electron chi connectivity index (χ4n) is 2.04. The van der Waals surface area contributed by atoms with Gasteiger partial charge >= 0.3 is 0 Å². The number of hydrogen-bond donors (Lipinski definition) is 1. The van der Waals surface area contributed by atoms with Crippen LogP contribution in [0.2, 0.25) is 0 Å². The monoisotopic (exact) mass is 328 g/mol. The van der Waals surface area contributed by atoms with Gasteiger partial charge in [0, 0.05) is 23.7 Å². The van der Waals surface area contributed by atoms with Crippen LogP contribution in [-0.4, -0.2) is 45.3 Å². The average Bonchev–Trinajstić information content (AvgIpc) is 2.41. The van der Waals surface area contributed by atoms with Crippen molar-refractivity contribution in [3.8, 4) is 0 Å². The summed E-state index contributed by atoms with van der Waals surface area (Å²) in [6, 6.07) is 8.78. The Morgan fingerprint density at radius 3 is 2.68 bits per heavy atom. The first-order valence-corrected chi connectivity index (χ1v) is 7.66. The summed E-state index contributed by atoms with van der Waals surface area (Å²) in [5.41, 5.74) is 1.32. The number of nitrogens with zero attached hydrogens (tertiary/aromatic N) is 1. The molecule has 19 heavy (non-hydrogen) atoms. The second-order valence-corrected chi connectivity index (χ2v) is 5.51. The van der Waals surface area contributed by atoms with Gasteiger partial charge < -0.3 is 15.0 Å². The number of likely N-dealkylation sites (N-methyl/N-ethyl adjacent to an activating group) is 1. The summed E-state index contributed by atoms with van der Waals surface area (Å²) >= 11 is 3.62. The Bertz CT molecular complexity index is 360. The van der Waals surface area contributed by atoms with Crippen LogP contribution < -0.4 is 5.32 Å². The Hall–Kier alpha value is -0.420. The fourth-order valence-corrected chi connectivity index (χ4v) is 2.60. The van der Waals surface area contributed by atoms with Crippen molar-refractivity contribution >= 4 is 15.9 Å². The van der Waals surface area contributed by atoms with E-state index in [2.05, 4.69) is 57.5 Å². The zero-order chi connectivity index (χ0) is 14.1. The second kappa shape index (κ2) is 9.48. The van der Waals surface area contributed by atoms with Gasteiger partial charge in [0.1, 0.15) is 0 Å². The van der Waals surface area contributed by atoms with Crippen molar-refractivity contribution in [3.63, 3.8) is 0 Å². The van der Waals surface area contributed by atoms with E-state index in [1.54, 1.807) is 0 Å². The predicted molar refractivity (Wildman–Crippen MR) is 84.5 cm³/mol. The molecule has 0 heterocycles. The molecule has 0 aliphatic rings. The summed E-state index contributed by atoms with van der Waals surface area (Å²) in [6.07, 6.45) is 1.09. The van der Waals surface area contributed by atoms with Gasteiger partial charge in [0.15, 0.2) is 0 Å². The Labute approximate surface area is 125 Å². The molecule has 1 aromatic carbocycles. The third-order valence-electron chi connectivity index (χ3n) is 3.25. The molecule has 1 rings (SSSR count). The highest BCUT2D eigenvalue weighted by Crippen LogP contribution is 2.25. The van der Waals surface area contributed by atoms with Gasteiger partial charge in [0.25, 0.3) is 0 Å². The maximum atomic E-state index is 5.38. The SMILES string of the molecule is CCOCCN(C)CCC(NC)c1ccccc1Br. The molecule has 0 amide bonds. The van der Waals surface area contributed by atoms with Crippen molar-refractivity contribution in [3.05, 3.63) is 34.3 Å². The molecule has 0 aromatic heterocycles. The van der Waals surface area contributed by atoms with E-state index in [-0.39, 0.29) is 0 Å².